The molecule has 1 heterocycles. The highest BCUT2D eigenvalue weighted by molar-refractivity contribution is 6.03. The van der Waals surface area contributed by atoms with Crippen molar-refractivity contribution in [3.63, 3.8) is 0 Å². The second-order valence-corrected chi connectivity index (χ2v) is 6.61. The van der Waals surface area contributed by atoms with Crippen LogP contribution >= 0.6 is 0 Å². The second kappa shape index (κ2) is 9.47. The maximum atomic E-state index is 14.1. The Labute approximate surface area is 167 Å². The Balaban J connectivity index is 1.71. The molecule has 0 N–H and O–H groups in total. The highest BCUT2D eigenvalue weighted by atomic mass is 19.1. The zero-order valence-electron chi connectivity index (χ0n) is 16.2. The predicted molar refractivity (Wildman–Crippen MR) is 103 cm³/mol. The number of hydrogen-bond donors (Lipinski definition) is 0. The van der Waals surface area contributed by atoms with E-state index in [1.807, 2.05) is 24.3 Å². The van der Waals surface area contributed by atoms with Gasteiger partial charge in [0.1, 0.15) is 24.0 Å². The Kier molecular flexibility index (Phi) is 6.77. The first-order valence-corrected chi connectivity index (χ1v) is 9.08. The summed E-state index contributed by atoms with van der Waals surface area (Å²) in [7, 11) is 2.98. The van der Waals surface area contributed by atoms with Crippen molar-refractivity contribution in [2.24, 2.45) is 5.16 Å². The molecule has 6 nitrogen and oxygen atoms in total. The minimum atomic E-state index is -0.710. The summed E-state index contributed by atoms with van der Waals surface area (Å²) in [4.78, 5) is 19.4. The molecule has 3 rings (SSSR count). The first-order valence-electron chi connectivity index (χ1n) is 9.08. The van der Waals surface area contributed by atoms with Crippen LogP contribution in [0, 0.1) is 11.6 Å². The van der Waals surface area contributed by atoms with Crippen molar-refractivity contribution >= 4 is 11.6 Å². The fourth-order valence-corrected chi connectivity index (χ4v) is 3.14. The predicted octanol–water partition coefficient (Wildman–Crippen LogP) is 3.14. The van der Waals surface area contributed by atoms with Gasteiger partial charge in [0.05, 0.1) is 19.4 Å². The van der Waals surface area contributed by atoms with E-state index >= 15 is 0 Å². The van der Waals surface area contributed by atoms with Gasteiger partial charge >= 0.3 is 0 Å². The summed E-state index contributed by atoms with van der Waals surface area (Å²) in [6.07, 6.45) is 0.0579. The van der Waals surface area contributed by atoms with E-state index in [1.54, 1.807) is 7.11 Å². The number of rotatable bonds is 8. The van der Waals surface area contributed by atoms with Crippen LogP contribution in [0.1, 0.15) is 17.5 Å². The Morgan fingerprint density at radius 2 is 2.03 bits per heavy atom. The fourth-order valence-electron chi connectivity index (χ4n) is 3.14. The van der Waals surface area contributed by atoms with Gasteiger partial charge in [0.2, 0.25) is 5.91 Å². The molecule has 0 aromatic heterocycles. The first kappa shape index (κ1) is 20.7. The molecule has 0 saturated carbocycles. The highest BCUT2D eigenvalue weighted by Crippen LogP contribution is 2.25. The molecule has 8 heteroatoms. The number of carbonyl (C=O) groups is 1. The lowest BCUT2D eigenvalue weighted by Gasteiger charge is -2.25. The van der Waals surface area contributed by atoms with Gasteiger partial charge in [-0.1, -0.05) is 23.4 Å². The van der Waals surface area contributed by atoms with Crippen molar-refractivity contribution in [1.82, 2.24) is 4.90 Å². The maximum Gasteiger partial charge on any atom is 0.248 e. The van der Waals surface area contributed by atoms with Gasteiger partial charge in [0.25, 0.3) is 0 Å². The minimum Gasteiger partial charge on any atom is -0.496 e. The van der Waals surface area contributed by atoms with Crippen LogP contribution in [0.15, 0.2) is 47.6 Å². The van der Waals surface area contributed by atoms with Gasteiger partial charge in [-0.05, 0) is 18.2 Å². The molecule has 0 fully saturated rings. The number of carbonyl (C=O) groups excluding carboxylic acids is 1. The Morgan fingerprint density at radius 3 is 2.76 bits per heavy atom. The Bertz CT molecular complexity index is 904. The average Bonchev–Trinajstić information content (AvgIpc) is 3.18. The molecule has 154 valence electrons. The largest absolute Gasteiger partial charge is 0.496 e. The second-order valence-electron chi connectivity index (χ2n) is 6.61. The molecule has 1 unspecified atom stereocenters. The number of hydrogen-bond acceptors (Lipinski definition) is 5. The third kappa shape index (κ3) is 5.08. The molecule has 0 radical (unpaired) electrons. The van der Waals surface area contributed by atoms with Gasteiger partial charge in [-0.15, -0.1) is 0 Å². The maximum absolute atomic E-state index is 14.1. The smallest absolute Gasteiger partial charge is 0.248 e. The SMILES string of the molecule is COCC(=O)N(Cc1ccc(F)cc1F)CC1CC(c2ccccc2OC)=NO1. The summed E-state index contributed by atoms with van der Waals surface area (Å²) in [5.41, 5.74) is 1.73. The summed E-state index contributed by atoms with van der Waals surface area (Å²) in [6, 6.07) is 10.7. The van der Waals surface area contributed by atoms with E-state index in [4.69, 9.17) is 14.3 Å². The zero-order valence-corrected chi connectivity index (χ0v) is 16.2. The van der Waals surface area contributed by atoms with E-state index in [-0.39, 0.29) is 31.2 Å². The lowest BCUT2D eigenvalue weighted by Crippen LogP contribution is -2.39. The summed E-state index contributed by atoms with van der Waals surface area (Å²) in [5.74, 6) is -1.03. The highest BCUT2D eigenvalue weighted by Gasteiger charge is 2.28. The normalized spacial score (nSPS) is 15.6. The quantitative estimate of drug-likeness (QED) is 0.678. The van der Waals surface area contributed by atoms with Crippen LogP contribution in [0.5, 0.6) is 5.75 Å². The molecular weight excluding hydrogens is 382 g/mol. The fraction of sp³-hybridized carbons (Fsp3) is 0.333. The van der Waals surface area contributed by atoms with Gasteiger partial charge in [0, 0.05) is 37.3 Å². The number of oxime groups is 1. The van der Waals surface area contributed by atoms with Crippen molar-refractivity contribution in [2.75, 3.05) is 27.4 Å². The lowest BCUT2D eigenvalue weighted by atomic mass is 10.0. The first-order chi connectivity index (χ1) is 14.0. The minimum absolute atomic E-state index is 0.0296. The topological polar surface area (TPSA) is 60.4 Å². The van der Waals surface area contributed by atoms with Crippen LogP contribution in [-0.4, -0.2) is 50.0 Å². The van der Waals surface area contributed by atoms with E-state index in [0.29, 0.717) is 17.9 Å². The average molecular weight is 404 g/mol. The molecule has 2 aromatic rings. The van der Waals surface area contributed by atoms with Crippen LogP contribution in [0.2, 0.25) is 0 Å². The van der Waals surface area contributed by atoms with Gasteiger partial charge in [-0.2, -0.15) is 0 Å². The van der Waals surface area contributed by atoms with Crippen LogP contribution in [0.3, 0.4) is 0 Å². The molecule has 1 aliphatic heterocycles. The van der Waals surface area contributed by atoms with Crippen LogP contribution < -0.4 is 4.74 Å². The molecule has 0 aliphatic carbocycles. The van der Waals surface area contributed by atoms with Crippen molar-refractivity contribution < 1.29 is 27.9 Å². The molecule has 1 aliphatic rings. The van der Waals surface area contributed by atoms with E-state index in [0.717, 1.165) is 17.7 Å². The van der Waals surface area contributed by atoms with Crippen molar-refractivity contribution in [2.45, 2.75) is 19.1 Å². The van der Waals surface area contributed by atoms with E-state index in [2.05, 4.69) is 5.16 Å². The lowest BCUT2D eigenvalue weighted by molar-refractivity contribution is -0.137. The van der Waals surface area contributed by atoms with E-state index in [9.17, 15) is 13.6 Å². The van der Waals surface area contributed by atoms with Gasteiger partial charge < -0.3 is 19.2 Å². The van der Waals surface area contributed by atoms with Crippen LogP contribution in [0.4, 0.5) is 8.78 Å². The van der Waals surface area contributed by atoms with E-state index in [1.165, 1.54) is 18.1 Å². The molecule has 1 atom stereocenters. The Morgan fingerprint density at radius 1 is 1.24 bits per heavy atom. The van der Waals surface area contributed by atoms with Crippen LogP contribution in [0.25, 0.3) is 0 Å². The van der Waals surface area contributed by atoms with E-state index < -0.39 is 17.7 Å². The number of nitrogens with zero attached hydrogens (tertiary/aromatic N) is 2. The number of methoxy groups -OCH3 is 2. The Hall–Kier alpha value is -3.00. The van der Waals surface area contributed by atoms with Crippen molar-refractivity contribution in [1.29, 1.82) is 0 Å². The monoisotopic (exact) mass is 404 g/mol. The van der Waals surface area contributed by atoms with Gasteiger partial charge in [0.15, 0.2) is 6.10 Å². The summed E-state index contributed by atoms with van der Waals surface area (Å²) >= 11 is 0. The summed E-state index contributed by atoms with van der Waals surface area (Å²) < 4.78 is 37.5. The molecule has 1 amide bonds. The molecular formula is C21H22F2N2O4. The number of para-hydroxylation sites is 1. The summed E-state index contributed by atoms with van der Waals surface area (Å²) in [6.45, 7) is -0.00489. The molecule has 0 saturated heterocycles. The summed E-state index contributed by atoms with van der Waals surface area (Å²) in [5, 5.41) is 4.13. The number of amides is 1. The van der Waals surface area contributed by atoms with Crippen LogP contribution in [-0.2, 0) is 20.9 Å². The zero-order chi connectivity index (χ0) is 20.8. The third-order valence-electron chi connectivity index (χ3n) is 4.57. The van der Waals surface area contributed by atoms with Gasteiger partial charge in [-0.25, -0.2) is 8.78 Å². The number of ether oxygens (including phenoxy) is 2. The molecule has 29 heavy (non-hydrogen) atoms. The molecule has 0 spiro atoms. The number of benzene rings is 2. The van der Waals surface area contributed by atoms with Crippen molar-refractivity contribution in [3.8, 4) is 5.75 Å². The molecule has 2 aromatic carbocycles. The third-order valence-corrected chi connectivity index (χ3v) is 4.57. The standard InChI is InChI=1S/C21H22F2N2O4/c1-27-13-21(26)25(11-14-7-8-15(22)9-18(14)23)12-16-10-19(24-29-16)17-5-3-4-6-20(17)28-2/h3-9,16H,10-13H2,1-2H3. The number of halogens is 2. The van der Waals surface area contributed by atoms with Crippen molar-refractivity contribution in [3.05, 3.63) is 65.2 Å². The molecule has 0 bridgehead atoms. The van der Waals surface area contributed by atoms with Gasteiger partial charge in [-0.3, -0.25) is 4.79 Å².